The number of nitrogens with zero attached hydrogens (tertiary/aromatic N) is 3. The summed E-state index contributed by atoms with van der Waals surface area (Å²) in [6.07, 6.45) is 19.9. The molecule has 1 N–H and O–H groups in total. The summed E-state index contributed by atoms with van der Waals surface area (Å²) in [6.45, 7) is 0.315. The van der Waals surface area contributed by atoms with Crippen LogP contribution in [0.3, 0.4) is 0 Å². The number of oxazole rings is 3. The van der Waals surface area contributed by atoms with Crippen LogP contribution in [0.15, 0.2) is 140 Å². The van der Waals surface area contributed by atoms with Gasteiger partial charge in [0, 0.05) is 18.6 Å². The fraction of sp³-hybridized carbons (Fsp3) is 0.125. The highest BCUT2D eigenvalue weighted by Gasteiger charge is 2.17. The van der Waals surface area contributed by atoms with Gasteiger partial charge in [0.2, 0.25) is 17.7 Å². The van der Waals surface area contributed by atoms with Crippen molar-refractivity contribution in [3.63, 3.8) is 0 Å². The molecule has 0 fully saturated rings. The van der Waals surface area contributed by atoms with Gasteiger partial charge >= 0.3 is 5.76 Å². The summed E-state index contributed by atoms with van der Waals surface area (Å²) in [6, 6.07) is 27.8. The van der Waals surface area contributed by atoms with Crippen LogP contribution in [-0.4, -0.2) is 19.6 Å². The molecule has 0 saturated carbocycles. The molecule has 0 saturated heterocycles. The van der Waals surface area contributed by atoms with Crippen LogP contribution >= 0.6 is 0 Å². The highest BCUT2D eigenvalue weighted by molar-refractivity contribution is 5.55. The van der Waals surface area contributed by atoms with E-state index in [4.69, 9.17) is 18.0 Å². The molecule has 0 aliphatic rings. The van der Waals surface area contributed by atoms with Crippen molar-refractivity contribution < 1.29 is 23.1 Å². The molecule has 6 rings (SSSR count). The molecule has 0 spiro atoms. The molecule has 0 atom stereocenters. The molecule has 3 aromatic heterocycles. The first kappa shape index (κ1) is 32.6. The van der Waals surface area contributed by atoms with Crippen LogP contribution in [0, 0.1) is 0 Å². The van der Waals surface area contributed by atoms with Crippen LogP contribution < -0.4 is 10.5 Å². The van der Waals surface area contributed by atoms with Crippen molar-refractivity contribution in [1.82, 2.24) is 14.5 Å². The number of aromatic nitrogens is 3. The summed E-state index contributed by atoms with van der Waals surface area (Å²) in [4.78, 5) is 21.3. The second-order valence-corrected chi connectivity index (χ2v) is 11.1. The van der Waals surface area contributed by atoms with E-state index in [0.717, 1.165) is 27.7 Å². The van der Waals surface area contributed by atoms with Gasteiger partial charge in [-0.25, -0.2) is 19.3 Å². The maximum atomic E-state index is 12.5. The van der Waals surface area contributed by atoms with Gasteiger partial charge in [0.1, 0.15) is 30.6 Å². The maximum Gasteiger partial charge on any atom is 0.422 e. The molecule has 3 heterocycles. The summed E-state index contributed by atoms with van der Waals surface area (Å²) in [5.74, 6) is 1.01. The Morgan fingerprint density at radius 2 is 1.27 bits per heavy atom. The molecular weight excluding hydrogens is 618 g/mol. The predicted octanol–water partition coefficient (Wildman–Crippen LogP) is 8.38. The van der Waals surface area contributed by atoms with E-state index in [1.54, 1.807) is 18.4 Å². The third-order valence-electron chi connectivity index (χ3n) is 7.45. The molecule has 9 nitrogen and oxygen atoms in total. The Bertz CT molecular complexity index is 2100. The van der Waals surface area contributed by atoms with E-state index in [-0.39, 0.29) is 24.8 Å². The fourth-order valence-electron chi connectivity index (χ4n) is 4.94. The molecule has 0 unspecified atom stereocenters. The maximum absolute atomic E-state index is 12.5. The Morgan fingerprint density at radius 3 is 1.90 bits per heavy atom. The van der Waals surface area contributed by atoms with Gasteiger partial charge in [-0.15, -0.1) is 0 Å². The Labute approximate surface area is 283 Å². The number of hydrogen-bond acceptors (Lipinski definition) is 8. The van der Waals surface area contributed by atoms with Crippen molar-refractivity contribution in [3.8, 4) is 11.6 Å². The van der Waals surface area contributed by atoms with E-state index in [0.29, 0.717) is 41.8 Å². The van der Waals surface area contributed by atoms with Gasteiger partial charge in [0.25, 0.3) is 0 Å². The van der Waals surface area contributed by atoms with Gasteiger partial charge in [-0.3, -0.25) is 0 Å². The zero-order chi connectivity index (χ0) is 33.7. The number of aryl methyl sites for hydroxylation is 2. The number of aromatic hydroxyl groups is 1. The van der Waals surface area contributed by atoms with Gasteiger partial charge in [0.15, 0.2) is 5.76 Å². The summed E-state index contributed by atoms with van der Waals surface area (Å²) >= 11 is 0. The van der Waals surface area contributed by atoms with E-state index in [2.05, 4.69) is 9.97 Å². The second kappa shape index (κ2) is 16.5. The van der Waals surface area contributed by atoms with Crippen molar-refractivity contribution in [2.75, 3.05) is 0 Å². The van der Waals surface area contributed by atoms with E-state index in [1.165, 1.54) is 6.26 Å². The molecule has 0 amide bonds. The van der Waals surface area contributed by atoms with E-state index in [9.17, 15) is 9.90 Å². The Hall–Kier alpha value is -6.35. The minimum absolute atomic E-state index is 0.0330. The van der Waals surface area contributed by atoms with Crippen molar-refractivity contribution in [2.24, 2.45) is 0 Å². The quantitative estimate of drug-likeness (QED) is 0.110. The first-order valence-corrected chi connectivity index (χ1v) is 15.9. The third-order valence-corrected chi connectivity index (χ3v) is 7.45. The van der Waals surface area contributed by atoms with Crippen molar-refractivity contribution >= 4 is 24.3 Å². The molecule has 9 heteroatoms. The van der Waals surface area contributed by atoms with Crippen LogP contribution in [0.5, 0.6) is 11.6 Å². The van der Waals surface area contributed by atoms with E-state index in [1.807, 2.05) is 121 Å². The first-order chi connectivity index (χ1) is 24.1. The molecule has 49 heavy (non-hydrogen) atoms. The lowest BCUT2D eigenvalue weighted by atomic mass is 10.1. The minimum atomic E-state index is -0.643. The van der Waals surface area contributed by atoms with Crippen LogP contribution in [0.2, 0.25) is 0 Å². The third kappa shape index (κ3) is 9.59. The number of allylic oxidation sites excluding steroid dienone is 4. The van der Waals surface area contributed by atoms with E-state index >= 15 is 0 Å². The average Bonchev–Trinajstić information content (AvgIpc) is 3.86. The number of benzene rings is 3. The summed E-state index contributed by atoms with van der Waals surface area (Å²) in [5.41, 5.74) is 4.48. The largest absolute Gasteiger partial charge is 0.492 e. The lowest BCUT2D eigenvalue weighted by molar-refractivity contribution is 0.301. The summed E-state index contributed by atoms with van der Waals surface area (Å²) in [5, 5.41) is 10.7. The van der Waals surface area contributed by atoms with Crippen molar-refractivity contribution in [3.05, 3.63) is 178 Å². The molecule has 6 aromatic rings. The van der Waals surface area contributed by atoms with Gasteiger partial charge in [0.05, 0.1) is 12.2 Å². The van der Waals surface area contributed by atoms with Crippen LogP contribution in [0.1, 0.15) is 52.0 Å². The topological polar surface area (TPSA) is 117 Å². The normalized spacial score (nSPS) is 11.9. The second-order valence-electron chi connectivity index (χ2n) is 11.1. The lowest BCUT2D eigenvalue weighted by Gasteiger charge is -2.06. The molecule has 246 valence electrons. The van der Waals surface area contributed by atoms with Crippen LogP contribution in [-0.2, 0) is 26.0 Å². The van der Waals surface area contributed by atoms with Gasteiger partial charge < -0.3 is 23.1 Å². The molecule has 0 aliphatic carbocycles. The number of rotatable bonds is 15. The number of ether oxygens (including phenoxy) is 1. The average molecular weight is 654 g/mol. The molecule has 0 aliphatic heterocycles. The summed E-state index contributed by atoms with van der Waals surface area (Å²) in [7, 11) is 0. The van der Waals surface area contributed by atoms with E-state index < -0.39 is 5.76 Å². The fourth-order valence-corrected chi connectivity index (χ4v) is 4.94. The zero-order valence-corrected chi connectivity index (χ0v) is 26.7. The first-order valence-electron chi connectivity index (χ1n) is 15.9. The molecule has 0 bridgehead atoms. The molecule has 0 radical (unpaired) electrons. The smallest absolute Gasteiger partial charge is 0.422 e. The highest BCUT2D eigenvalue weighted by Crippen LogP contribution is 2.21. The summed E-state index contributed by atoms with van der Waals surface area (Å²) < 4.78 is 23.4. The van der Waals surface area contributed by atoms with Gasteiger partial charge in [-0.1, -0.05) is 109 Å². The molecular formula is C40H35N3O6. The van der Waals surface area contributed by atoms with Gasteiger partial charge in [-0.05, 0) is 41.7 Å². The Balaban J connectivity index is 0.934. The Morgan fingerprint density at radius 1 is 0.694 bits per heavy atom. The zero-order valence-electron chi connectivity index (χ0n) is 26.7. The predicted molar refractivity (Wildman–Crippen MR) is 189 cm³/mol. The standard InChI is InChI=1S/C40H35N3O6/c44-39-36(49-40(45)43(39)26-33-27-47-37(41-33)20-9-7-16-30-12-3-1-4-13-30)19-11-18-32-22-24-35(25-23-32)46-28-34-29-48-38(42-34)21-10-8-17-31-14-5-2-6-15-31/h1-10,12-17,20-25,27,29,44H,11,18-19,26,28H2. The SMILES string of the molecule is O=c1oc(CCCc2ccc(OCc3coc(C=CC=Cc4ccccc4)n3)cc2)c(O)n1Cc1coc(C=CC=Cc2ccccc2)n1. The van der Waals surface area contributed by atoms with Gasteiger partial charge in [-0.2, -0.15) is 0 Å². The highest BCUT2D eigenvalue weighted by atomic mass is 16.5. The lowest BCUT2D eigenvalue weighted by Crippen LogP contribution is -2.14. The van der Waals surface area contributed by atoms with Crippen LogP contribution in [0.25, 0.3) is 24.3 Å². The van der Waals surface area contributed by atoms with Crippen LogP contribution in [0.4, 0.5) is 0 Å². The minimum Gasteiger partial charge on any atom is -0.492 e. The Kier molecular flexibility index (Phi) is 11.0. The molecule has 3 aromatic carbocycles. The monoisotopic (exact) mass is 653 g/mol. The van der Waals surface area contributed by atoms with Crippen molar-refractivity contribution in [2.45, 2.75) is 32.4 Å². The number of hydrogen-bond donors (Lipinski definition) is 1. The van der Waals surface area contributed by atoms with Crippen molar-refractivity contribution in [1.29, 1.82) is 0 Å².